The summed E-state index contributed by atoms with van der Waals surface area (Å²) >= 11 is 1.49. The number of sulfonamides is 1. The summed E-state index contributed by atoms with van der Waals surface area (Å²) in [5.41, 5.74) is -0.305. The molecule has 1 amide bonds. The first-order valence-corrected chi connectivity index (χ1v) is 11.5. The van der Waals surface area contributed by atoms with E-state index in [1.54, 1.807) is 12.1 Å². The molecule has 2 aromatic rings. The number of amides is 1. The number of piperazine rings is 1. The molecule has 2 aliphatic heterocycles. The number of rotatable bonds is 4. The van der Waals surface area contributed by atoms with Gasteiger partial charge in [-0.1, -0.05) is 11.8 Å². The molecule has 4 rings (SSSR count). The maximum absolute atomic E-state index is 12.8. The lowest BCUT2D eigenvalue weighted by Crippen LogP contribution is -2.51. The third-order valence-electron chi connectivity index (χ3n) is 5.01. The predicted octanol–water partition coefficient (Wildman–Crippen LogP) is 0.504. The highest BCUT2D eigenvalue weighted by molar-refractivity contribution is 7.99. The lowest BCUT2D eigenvalue weighted by atomic mass is 10.2. The van der Waals surface area contributed by atoms with E-state index in [0.29, 0.717) is 17.5 Å². The van der Waals surface area contributed by atoms with Crippen molar-refractivity contribution in [3.8, 4) is 5.75 Å². The molecule has 11 heteroatoms. The van der Waals surface area contributed by atoms with Crippen LogP contribution in [0.1, 0.15) is 10.4 Å². The summed E-state index contributed by atoms with van der Waals surface area (Å²) in [7, 11) is -2.14. The van der Waals surface area contributed by atoms with Crippen LogP contribution in [0.5, 0.6) is 5.75 Å². The average molecular weight is 437 g/mol. The molecule has 9 nitrogen and oxygen atoms in total. The second-order valence-corrected chi connectivity index (χ2v) is 9.63. The van der Waals surface area contributed by atoms with Gasteiger partial charge < -0.3 is 9.64 Å². The number of methoxy groups -OCH3 is 1. The third-order valence-corrected chi connectivity index (χ3v) is 7.89. The van der Waals surface area contributed by atoms with E-state index in [2.05, 4.69) is 4.98 Å². The van der Waals surface area contributed by atoms with Crippen LogP contribution in [0.2, 0.25) is 0 Å². The fourth-order valence-corrected chi connectivity index (χ4v) is 5.70. The van der Waals surface area contributed by atoms with E-state index >= 15 is 0 Å². The van der Waals surface area contributed by atoms with Crippen molar-refractivity contribution in [3.05, 3.63) is 46.4 Å². The van der Waals surface area contributed by atoms with Gasteiger partial charge in [0.25, 0.3) is 11.5 Å². The predicted molar refractivity (Wildman–Crippen MR) is 107 cm³/mol. The Kier molecular flexibility index (Phi) is 5.36. The molecule has 29 heavy (non-hydrogen) atoms. The maximum Gasteiger partial charge on any atom is 0.267 e. The van der Waals surface area contributed by atoms with Crippen LogP contribution < -0.4 is 10.3 Å². The molecule has 154 valence electrons. The summed E-state index contributed by atoms with van der Waals surface area (Å²) in [4.78, 5) is 31.2. The molecule has 1 aromatic heterocycles. The van der Waals surface area contributed by atoms with Gasteiger partial charge in [0.1, 0.15) is 11.3 Å². The van der Waals surface area contributed by atoms with Crippen molar-refractivity contribution in [1.82, 2.24) is 18.8 Å². The molecule has 0 saturated carbocycles. The minimum Gasteiger partial charge on any atom is -0.497 e. The molecule has 0 N–H and O–H groups in total. The van der Waals surface area contributed by atoms with Crippen LogP contribution in [0.25, 0.3) is 0 Å². The summed E-state index contributed by atoms with van der Waals surface area (Å²) in [6.45, 7) is 1.29. The Morgan fingerprint density at radius 3 is 2.45 bits per heavy atom. The van der Waals surface area contributed by atoms with Crippen LogP contribution in [0, 0.1) is 0 Å². The lowest BCUT2D eigenvalue weighted by Gasteiger charge is -2.33. The summed E-state index contributed by atoms with van der Waals surface area (Å²) in [6.07, 6.45) is 1.33. The molecule has 0 atom stereocenters. The van der Waals surface area contributed by atoms with Crippen LogP contribution >= 0.6 is 11.8 Å². The number of fused-ring (bicyclic) bond motifs is 1. The zero-order valence-corrected chi connectivity index (χ0v) is 17.4. The Bertz CT molecular complexity index is 1090. The van der Waals surface area contributed by atoms with Crippen LogP contribution in [-0.4, -0.2) is 72.1 Å². The Balaban J connectivity index is 1.46. The second-order valence-electron chi connectivity index (χ2n) is 6.63. The Morgan fingerprint density at radius 1 is 1.10 bits per heavy atom. The van der Waals surface area contributed by atoms with E-state index in [1.807, 2.05) is 0 Å². The van der Waals surface area contributed by atoms with Crippen LogP contribution in [0.3, 0.4) is 0 Å². The molecule has 1 fully saturated rings. The molecule has 3 heterocycles. The number of nitrogens with zero attached hydrogens (tertiary/aromatic N) is 4. The largest absolute Gasteiger partial charge is 0.497 e. The molecule has 0 radical (unpaired) electrons. The van der Waals surface area contributed by atoms with Gasteiger partial charge >= 0.3 is 0 Å². The fourth-order valence-electron chi connectivity index (χ4n) is 3.36. The van der Waals surface area contributed by atoms with Gasteiger partial charge in [-0.15, -0.1) is 0 Å². The van der Waals surface area contributed by atoms with Crippen molar-refractivity contribution in [2.24, 2.45) is 0 Å². The van der Waals surface area contributed by atoms with Crippen molar-refractivity contribution >= 4 is 27.7 Å². The summed E-state index contributed by atoms with van der Waals surface area (Å²) in [6, 6.07) is 6.19. The summed E-state index contributed by atoms with van der Waals surface area (Å²) in [5, 5.41) is 0.627. The van der Waals surface area contributed by atoms with Crippen molar-refractivity contribution in [2.75, 3.05) is 39.0 Å². The Hall–Kier alpha value is -2.37. The van der Waals surface area contributed by atoms with Crippen molar-refractivity contribution < 1.29 is 17.9 Å². The van der Waals surface area contributed by atoms with Gasteiger partial charge in [-0.25, -0.2) is 13.4 Å². The number of benzene rings is 1. The standard InChI is InChI=1S/C18H20N4O5S2/c1-27-13-2-4-14(5-3-13)29(25,26)21-8-6-20(7-9-21)16(23)15-12-19-18-22(17(15)24)10-11-28-18/h2-5,12H,6-11H2,1H3. The fraction of sp³-hybridized carbons (Fsp3) is 0.389. The second kappa shape index (κ2) is 7.81. The lowest BCUT2D eigenvalue weighted by molar-refractivity contribution is 0.0694. The SMILES string of the molecule is COc1ccc(S(=O)(=O)N2CCN(C(=O)c3cnc4n(c3=O)CCS4)CC2)cc1. The van der Waals surface area contributed by atoms with Crippen molar-refractivity contribution in [3.63, 3.8) is 0 Å². The highest BCUT2D eigenvalue weighted by atomic mass is 32.2. The first kappa shape index (κ1) is 19.9. The minimum atomic E-state index is -3.66. The van der Waals surface area contributed by atoms with E-state index < -0.39 is 15.9 Å². The molecule has 1 aromatic carbocycles. The van der Waals surface area contributed by atoms with E-state index in [0.717, 1.165) is 5.75 Å². The first-order chi connectivity index (χ1) is 13.9. The quantitative estimate of drug-likeness (QED) is 0.644. The molecule has 2 aliphatic rings. The van der Waals surface area contributed by atoms with Crippen molar-refractivity contribution in [1.29, 1.82) is 0 Å². The smallest absolute Gasteiger partial charge is 0.267 e. The van der Waals surface area contributed by atoms with Gasteiger partial charge in [-0.3, -0.25) is 14.2 Å². The summed E-state index contributed by atoms with van der Waals surface area (Å²) < 4.78 is 33.6. The number of hydrogen-bond acceptors (Lipinski definition) is 7. The number of ether oxygens (including phenoxy) is 1. The normalized spacial score (nSPS) is 17.2. The topological polar surface area (TPSA) is 102 Å². The summed E-state index contributed by atoms with van der Waals surface area (Å²) in [5.74, 6) is 0.935. The molecule has 1 saturated heterocycles. The zero-order chi connectivity index (χ0) is 20.6. The van der Waals surface area contributed by atoms with Gasteiger partial charge in [0.05, 0.1) is 12.0 Å². The van der Waals surface area contributed by atoms with Gasteiger partial charge in [-0.2, -0.15) is 4.31 Å². The van der Waals surface area contributed by atoms with Crippen LogP contribution in [-0.2, 0) is 16.6 Å². The average Bonchev–Trinajstić information content (AvgIpc) is 3.23. The van der Waals surface area contributed by atoms with Gasteiger partial charge in [0.15, 0.2) is 5.16 Å². The number of aromatic nitrogens is 2. The van der Waals surface area contributed by atoms with Gasteiger partial charge in [0, 0.05) is 44.7 Å². The van der Waals surface area contributed by atoms with Gasteiger partial charge in [0.2, 0.25) is 10.0 Å². The third kappa shape index (κ3) is 3.65. The number of carbonyl (C=O) groups is 1. The van der Waals surface area contributed by atoms with E-state index in [1.165, 1.54) is 51.0 Å². The molecule has 0 unspecified atom stereocenters. The van der Waals surface area contributed by atoms with Crippen LogP contribution in [0.4, 0.5) is 0 Å². The molecule has 0 spiro atoms. The molecular formula is C18H20N4O5S2. The Morgan fingerprint density at radius 2 is 1.79 bits per heavy atom. The molecule has 0 aliphatic carbocycles. The van der Waals surface area contributed by atoms with Crippen LogP contribution in [0.15, 0.2) is 45.3 Å². The van der Waals surface area contributed by atoms with E-state index in [4.69, 9.17) is 4.74 Å². The number of thioether (sulfide) groups is 1. The first-order valence-electron chi connectivity index (χ1n) is 9.08. The van der Waals surface area contributed by atoms with Gasteiger partial charge in [-0.05, 0) is 24.3 Å². The highest BCUT2D eigenvalue weighted by Gasteiger charge is 2.32. The number of carbonyl (C=O) groups excluding carboxylic acids is 1. The maximum atomic E-state index is 12.8. The monoisotopic (exact) mass is 436 g/mol. The zero-order valence-electron chi connectivity index (χ0n) is 15.8. The highest BCUT2D eigenvalue weighted by Crippen LogP contribution is 2.22. The Labute approximate surface area is 172 Å². The number of hydrogen-bond donors (Lipinski definition) is 0. The van der Waals surface area contributed by atoms with E-state index in [-0.39, 0.29) is 42.2 Å². The molecular weight excluding hydrogens is 416 g/mol. The minimum absolute atomic E-state index is 0.0303. The van der Waals surface area contributed by atoms with E-state index in [9.17, 15) is 18.0 Å². The van der Waals surface area contributed by atoms with Crippen molar-refractivity contribution in [2.45, 2.75) is 16.6 Å². The molecule has 0 bridgehead atoms.